The fraction of sp³-hybridized carbons (Fsp3) is 0.455. The summed E-state index contributed by atoms with van der Waals surface area (Å²) in [6.07, 6.45) is 0. The van der Waals surface area contributed by atoms with Gasteiger partial charge in [0.2, 0.25) is 0 Å². The molecule has 0 aliphatic heterocycles. The molecule has 0 radical (unpaired) electrons. The first-order valence-electron chi connectivity index (χ1n) is 5.30. The first-order valence-corrected chi connectivity index (χ1v) is 8.44. The maximum absolute atomic E-state index is 11.9. The summed E-state index contributed by atoms with van der Waals surface area (Å²) in [6.45, 7) is 3.46. The first-order chi connectivity index (χ1) is 7.85. The van der Waals surface area contributed by atoms with E-state index in [4.69, 9.17) is 5.73 Å². The third-order valence-corrected chi connectivity index (χ3v) is 5.82. The number of sulfone groups is 1. The summed E-state index contributed by atoms with van der Waals surface area (Å²) in [7, 11) is -4.44. The van der Waals surface area contributed by atoms with Gasteiger partial charge in [-0.25, -0.2) is 8.42 Å². The van der Waals surface area contributed by atoms with Crippen molar-refractivity contribution in [2.24, 2.45) is 0 Å². The van der Waals surface area contributed by atoms with Gasteiger partial charge in [-0.3, -0.25) is 4.21 Å². The number of aryl methyl sites for hydroxylation is 1. The topological polar surface area (TPSA) is 77.2 Å². The highest BCUT2D eigenvalue weighted by atomic mass is 32.2. The van der Waals surface area contributed by atoms with Gasteiger partial charge in [0.1, 0.15) is 0 Å². The molecule has 1 rings (SSSR count). The molecular formula is C11H17NO3S2. The molecule has 1 aromatic carbocycles. The van der Waals surface area contributed by atoms with Crippen molar-refractivity contribution >= 4 is 26.3 Å². The Morgan fingerprint density at radius 3 is 2.59 bits per heavy atom. The van der Waals surface area contributed by atoms with Gasteiger partial charge in [0, 0.05) is 17.2 Å². The Hall–Kier alpha value is -0.880. The van der Waals surface area contributed by atoms with Crippen molar-refractivity contribution in [2.75, 3.05) is 23.0 Å². The molecule has 0 saturated carbocycles. The molecule has 0 saturated heterocycles. The monoisotopic (exact) mass is 275 g/mol. The Bertz CT molecular complexity index is 524. The van der Waals surface area contributed by atoms with Crippen LogP contribution in [-0.4, -0.2) is 29.9 Å². The minimum absolute atomic E-state index is 0.0660. The summed E-state index contributed by atoms with van der Waals surface area (Å²) >= 11 is 0. The predicted octanol–water partition coefficient (Wildman–Crippen LogP) is 1.12. The van der Waals surface area contributed by atoms with Crippen LogP contribution in [0.2, 0.25) is 0 Å². The Labute approximate surface area is 105 Å². The minimum atomic E-state index is -3.08. The fourth-order valence-electron chi connectivity index (χ4n) is 1.30. The molecule has 1 atom stereocenters. The van der Waals surface area contributed by atoms with Gasteiger partial charge < -0.3 is 5.73 Å². The summed E-state index contributed by atoms with van der Waals surface area (Å²) < 4.78 is 34.6. The van der Waals surface area contributed by atoms with Gasteiger partial charge in [0.25, 0.3) is 0 Å². The molecule has 1 aromatic rings. The van der Waals surface area contributed by atoms with Gasteiger partial charge in [-0.05, 0) is 24.6 Å². The molecule has 4 nitrogen and oxygen atoms in total. The van der Waals surface area contributed by atoms with Crippen LogP contribution in [0.3, 0.4) is 0 Å². The molecule has 0 bridgehead atoms. The highest BCUT2D eigenvalue weighted by molar-refractivity contribution is 7.93. The van der Waals surface area contributed by atoms with E-state index < -0.39 is 20.6 Å². The van der Waals surface area contributed by atoms with Crippen LogP contribution in [-0.2, 0) is 20.6 Å². The van der Waals surface area contributed by atoms with Gasteiger partial charge in [0.15, 0.2) is 9.84 Å². The lowest BCUT2D eigenvalue weighted by molar-refractivity contribution is 0.598. The number of hydrogen-bond acceptors (Lipinski definition) is 4. The van der Waals surface area contributed by atoms with Crippen LogP contribution >= 0.6 is 0 Å². The van der Waals surface area contributed by atoms with Gasteiger partial charge in [-0.15, -0.1) is 0 Å². The van der Waals surface area contributed by atoms with Crippen molar-refractivity contribution in [3.63, 3.8) is 0 Å². The number of rotatable bonds is 5. The van der Waals surface area contributed by atoms with Crippen LogP contribution in [0.4, 0.5) is 5.69 Å². The lowest BCUT2D eigenvalue weighted by Gasteiger charge is -2.07. The SMILES string of the molecule is CCS(=O)(=O)CCS(=O)c1cc(C)ccc1N. The molecular weight excluding hydrogens is 258 g/mol. The molecule has 0 aliphatic carbocycles. The van der Waals surface area contributed by atoms with Gasteiger partial charge >= 0.3 is 0 Å². The lowest BCUT2D eigenvalue weighted by Crippen LogP contribution is -2.15. The highest BCUT2D eigenvalue weighted by Gasteiger charge is 2.13. The first kappa shape index (κ1) is 14.2. The van der Waals surface area contributed by atoms with E-state index in [0.717, 1.165) is 5.56 Å². The van der Waals surface area contributed by atoms with Gasteiger partial charge in [-0.1, -0.05) is 13.0 Å². The summed E-state index contributed by atoms with van der Waals surface area (Å²) in [5.41, 5.74) is 7.13. The van der Waals surface area contributed by atoms with Crippen LogP contribution < -0.4 is 5.73 Å². The zero-order valence-electron chi connectivity index (χ0n) is 9.97. The average molecular weight is 275 g/mol. The van der Waals surface area contributed by atoms with E-state index >= 15 is 0 Å². The zero-order chi connectivity index (χ0) is 13.1. The molecule has 0 aliphatic rings. The number of hydrogen-bond donors (Lipinski definition) is 1. The maximum Gasteiger partial charge on any atom is 0.150 e. The van der Waals surface area contributed by atoms with E-state index in [9.17, 15) is 12.6 Å². The summed E-state index contributed by atoms with van der Waals surface area (Å²) in [5, 5.41) is 0. The standard InChI is InChI=1S/C11H17NO3S2/c1-3-17(14,15)7-6-16(13)11-8-9(2)4-5-10(11)12/h4-5,8H,3,6-7,12H2,1-2H3. The van der Waals surface area contributed by atoms with Crippen molar-refractivity contribution in [3.8, 4) is 0 Å². The fourth-order valence-corrected chi connectivity index (χ4v) is 4.07. The van der Waals surface area contributed by atoms with Crippen LogP contribution in [0.25, 0.3) is 0 Å². The van der Waals surface area contributed by atoms with E-state index in [1.54, 1.807) is 19.1 Å². The molecule has 0 amide bonds. The molecule has 17 heavy (non-hydrogen) atoms. The summed E-state index contributed by atoms with van der Waals surface area (Å²) in [5.74, 6) is 0.112. The smallest absolute Gasteiger partial charge is 0.150 e. The Morgan fingerprint density at radius 2 is 2.00 bits per heavy atom. The second kappa shape index (κ2) is 5.64. The molecule has 0 heterocycles. The lowest BCUT2D eigenvalue weighted by atomic mass is 10.2. The van der Waals surface area contributed by atoms with E-state index in [-0.39, 0.29) is 17.3 Å². The van der Waals surface area contributed by atoms with Crippen LogP contribution in [0, 0.1) is 6.92 Å². The molecule has 0 aromatic heterocycles. The van der Waals surface area contributed by atoms with Gasteiger partial charge in [-0.2, -0.15) is 0 Å². The van der Waals surface area contributed by atoms with Crippen molar-refractivity contribution in [1.29, 1.82) is 0 Å². The number of nitrogen functional groups attached to an aromatic ring is 1. The largest absolute Gasteiger partial charge is 0.398 e. The Kier molecular flexibility index (Phi) is 4.70. The molecule has 96 valence electrons. The summed E-state index contributed by atoms with van der Waals surface area (Å²) in [6, 6.07) is 5.26. The molecule has 6 heteroatoms. The number of benzene rings is 1. The van der Waals surface area contributed by atoms with Crippen molar-refractivity contribution < 1.29 is 12.6 Å². The highest BCUT2D eigenvalue weighted by Crippen LogP contribution is 2.18. The van der Waals surface area contributed by atoms with Crippen molar-refractivity contribution in [3.05, 3.63) is 23.8 Å². The van der Waals surface area contributed by atoms with E-state index in [0.29, 0.717) is 10.6 Å². The van der Waals surface area contributed by atoms with Crippen molar-refractivity contribution in [1.82, 2.24) is 0 Å². The predicted molar refractivity (Wildman–Crippen MR) is 71.2 cm³/mol. The van der Waals surface area contributed by atoms with E-state index in [1.807, 2.05) is 13.0 Å². The molecule has 0 fully saturated rings. The third kappa shape index (κ3) is 4.12. The maximum atomic E-state index is 11.9. The number of anilines is 1. The normalized spacial score (nSPS) is 13.5. The molecule has 0 spiro atoms. The number of nitrogens with two attached hydrogens (primary N) is 1. The van der Waals surface area contributed by atoms with E-state index in [1.165, 1.54) is 0 Å². The minimum Gasteiger partial charge on any atom is -0.398 e. The average Bonchev–Trinajstić information content (AvgIpc) is 2.29. The van der Waals surface area contributed by atoms with Crippen LogP contribution in [0.1, 0.15) is 12.5 Å². The second-order valence-electron chi connectivity index (χ2n) is 3.83. The quantitative estimate of drug-likeness (QED) is 0.817. The molecule has 2 N–H and O–H groups in total. The Balaban J connectivity index is 2.81. The summed E-state index contributed by atoms with van der Waals surface area (Å²) in [4.78, 5) is 0.524. The van der Waals surface area contributed by atoms with Crippen LogP contribution in [0.5, 0.6) is 0 Å². The van der Waals surface area contributed by atoms with Gasteiger partial charge in [0.05, 0.1) is 21.4 Å². The van der Waals surface area contributed by atoms with Crippen LogP contribution in [0.15, 0.2) is 23.1 Å². The Morgan fingerprint density at radius 1 is 1.35 bits per heavy atom. The molecule has 1 unspecified atom stereocenters. The van der Waals surface area contributed by atoms with Crippen molar-refractivity contribution in [2.45, 2.75) is 18.7 Å². The zero-order valence-corrected chi connectivity index (χ0v) is 11.6. The third-order valence-electron chi connectivity index (χ3n) is 2.43. The van der Waals surface area contributed by atoms with E-state index in [2.05, 4.69) is 0 Å². The second-order valence-corrected chi connectivity index (χ2v) is 7.84.